The number of aryl methyl sites for hydroxylation is 2. The van der Waals surface area contributed by atoms with E-state index in [0.717, 1.165) is 22.6 Å². The number of allylic oxidation sites excluding steroid dienone is 1. The predicted octanol–water partition coefficient (Wildman–Crippen LogP) is 4.54. The Kier molecular flexibility index (Phi) is 5.90. The molecule has 0 saturated heterocycles. The van der Waals surface area contributed by atoms with Crippen LogP contribution in [0.1, 0.15) is 10.4 Å². The highest BCUT2D eigenvalue weighted by atomic mass is 32.2. The molecule has 1 amide bonds. The van der Waals surface area contributed by atoms with Gasteiger partial charge in [0.25, 0.3) is 0 Å². The van der Waals surface area contributed by atoms with Gasteiger partial charge in [0.05, 0.1) is 5.75 Å². The summed E-state index contributed by atoms with van der Waals surface area (Å²) in [6.07, 6.45) is 1.81. The fourth-order valence-corrected chi connectivity index (χ4v) is 3.86. The van der Waals surface area contributed by atoms with Crippen LogP contribution in [-0.4, -0.2) is 26.4 Å². The van der Waals surface area contributed by atoms with Crippen LogP contribution < -0.4 is 5.32 Å². The molecule has 0 atom stereocenters. The molecule has 0 aliphatic heterocycles. The maximum absolute atomic E-state index is 12.2. The molecule has 0 saturated carbocycles. The number of amides is 1. The molecule has 3 aromatic rings. The van der Waals surface area contributed by atoms with Gasteiger partial charge in [-0.25, -0.2) is 0 Å². The molecule has 26 heavy (non-hydrogen) atoms. The van der Waals surface area contributed by atoms with Crippen molar-refractivity contribution in [2.75, 3.05) is 11.1 Å². The summed E-state index contributed by atoms with van der Waals surface area (Å²) < 4.78 is 1.98. The molecular weight excluding hydrogens is 364 g/mol. The van der Waals surface area contributed by atoms with Gasteiger partial charge in [-0.1, -0.05) is 35.5 Å². The van der Waals surface area contributed by atoms with Crippen molar-refractivity contribution in [2.24, 2.45) is 0 Å². The van der Waals surface area contributed by atoms with Crippen molar-refractivity contribution >= 4 is 34.7 Å². The Morgan fingerprint density at radius 2 is 2.08 bits per heavy atom. The van der Waals surface area contributed by atoms with Crippen molar-refractivity contribution in [3.05, 3.63) is 58.8 Å². The Morgan fingerprint density at radius 1 is 1.31 bits per heavy atom. The van der Waals surface area contributed by atoms with Gasteiger partial charge in [-0.15, -0.1) is 28.1 Å². The molecule has 134 valence electrons. The van der Waals surface area contributed by atoms with E-state index in [9.17, 15) is 4.79 Å². The molecule has 5 nitrogen and oxygen atoms in total. The molecule has 1 aromatic carbocycles. The van der Waals surface area contributed by atoms with Crippen LogP contribution in [0.25, 0.3) is 11.4 Å². The van der Waals surface area contributed by atoms with Crippen LogP contribution in [0.5, 0.6) is 0 Å². The quantitative estimate of drug-likeness (QED) is 0.480. The number of thioether (sulfide) groups is 1. The Labute approximate surface area is 161 Å². The van der Waals surface area contributed by atoms with Gasteiger partial charge in [0.2, 0.25) is 5.91 Å². The van der Waals surface area contributed by atoms with Gasteiger partial charge in [0.15, 0.2) is 11.0 Å². The molecule has 2 aromatic heterocycles. The first-order chi connectivity index (χ1) is 12.6. The minimum Gasteiger partial charge on any atom is -0.325 e. The third kappa shape index (κ3) is 4.42. The van der Waals surface area contributed by atoms with Crippen LogP contribution >= 0.6 is 23.1 Å². The second-order valence-electron chi connectivity index (χ2n) is 5.85. The third-order valence-corrected chi connectivity index (χ3v) is 5.51. The van der Waals surface area contributed by atoms with Crippen molar-refractivity contribution in [3.8, 4) is 11.4 Å². The lowest BCUT2D eigenvalue weighted by molar-refractivity contribution is -0.113. The van der Waals surface area contributed by atoms with Gasteiger partial charge < -0.3 is 5.32 Å². The van der Waals surface area contributed by atoms with Gasteiger partial charge in [0.1, 0.15) is 0 Å². The first-order valence-corrected chi connectivity index (χ1v) is 10.0. The summed E-state index contributed by atoms with van der Waals surface area (Å²) in [5.74, 6) is 1.00. The smallest absolute Gasteiger partial charge is 0.234 e. The zero-order valence-electron chi connectivity index (χ0n) is 14.7. The molecule has 7 heteroatoms. The van der Waals surface area contributed by atoms with Crippen molar-refractivity contribution in [1.29, 1.82) is 0 Å². The van der Waals surface area contributed by atoms with Crippen LogP contribution in [-0.2, 0) is 11.3 Å². The van der Waals surface area contributed by atoms with Crippen LogP contribution in [0.3, 0.4) is 0 Å². The van der Waals surface area contributed by atoms with E-state index in [4.69, 9.17) is 0 Å². The van der Waals surface area contributed by atoms with E-state index >= 15 is 0 Å². The van der Waals surface area contributed by atoms with E-state index in [1.807, 2.05) is 41.8 Å². The lowest BCUT2D eigenvalue weighted by atomic mass is 10.2. The molecule has 3 rings (SSSR count). The third-order valence-electron chi connectivity index (χ3n) is 3.68. The van der Waals surface area contributed by atoms with E-state index in [1.54, 1.807) is 11.3 Å². The monoisotopic (exact) mass is 384 g/mol. The summed E-state index contributed by atoms with van der Waals surface area (Å²) in [7, 11) is 0. The Hall–Kier alpha value is -2.38. The van der Waals surface area contributed by atoms with Crippen molar-refractivity contribution in [1.82, 2.24) is 14.8 Å². The predicted molar refractivity (Wildman–Crippen MR) is 109 cm³/mol. The molecule has 1 N–H and O–H groups in total. The molecule has 0 aliphatic carbocycles. The molecule has 0 fully saturated rings. The molecule has 0 bridgehead atoms. The van der Waals surface area contributed by atoms with Crippen molar-refractivity contribution < 1.29 is 4.79 Å². The minimum atomic E-state index is -0.0695. The number of nitrogens with zero attached hydrogens (tertiary/aromatic N) is 3. The highest BCUT2D eigenvalue weighted by molar-refractivity contribution is 7.99. The summed E-state index contributed by atoms with van der Waals surface area (Å²) in [4.78, 5) is 13.4. The largest absolute Gasteiger partial charge is 0.325 e. The lowest BCUT2D eigenvalue weighted by Crippen LogP contribution is -2.14. The van der Waals surface area contributed by atoms with Crippen LogP contribution in [0, 0.1) is 13.8 Å². The number of hydrogen-bond donors (Lipinski definition) is 1. The summed E-state index contributed by atoms with van der Waals surface area (Å²) in [5, 5.41) is 14.2. The highest BCUT2D eigenvalue weighted by Gasteiger charge is 2.15. The first-order valence-electron chi connectivity index (χ1n) is 8.15. The molecular formula is C19H20N4OS2. The normalized spacial score (nSPS) is 10.7. The van der Waals surface area contributed by atoms with E-state index in [0.29, 0.717) is 11.7 Å². The summed E-state index contributed by atoms with van der Waals surface area (Å²) in [6.45, 7) is 8.49. The Bertz CT molecular complexity index is 912. The van der Waals surface area contributed by atoms with Crippen LogP contribution in [0.2, 0.25) is 0 Å². The van der Waals surface area contributed by atoms with Gasteiger partial charge in [-0.2, -0.15) is 0 Å². The van der Waals surface area contributed by atoms with Crippen LogP contribution in [0.15, 0.2) is 53.5 Å². The average molecular weight is 385 g/mol. The fraction of sp³-hybridized carbons (Fsp3) is 0.211. The SMILES string of the molecule is C=CCn1c(SCC(=O)Nc2ccc(C)cc2)nnc1-c1csc(C)c1. The number of aromatic nitrogens is 3. The number of anilines is 1. The Morgan fingerprint density at radius 3 is 2.73 bits per heavy atom. The van der Waals surface area contributed by atoms with Crippen molar-refractivity contribution in [3.63, 3.8) is 0 Å². The molecule has 0 radical (unpaired) electrons. The number of thiophene rings is 1. The number of carbonyl (C=O) groups excluding carboxylic acids is 1. The minimum absolute atomic E-state index is 0.0695. The number of carbonyl (C=O) groups is 1. The van der Waals surface area contributed by atoms with Gasteiger partial charge in [-0.05, 0) is 32.0 Å². The molecule has 0 aliphatic rings. The van der Waals surface area contributed by atoms with Gasteiger partial charge >= 0.3 is 0 Å². The maximum Gasteiger partial charge on any atom is 0.234 e. The standard InChI is InChI=1S/C19H20N4OS2/c1-4-9-23-18(15-10-14(3)25-11-15)21-22-19(23)26-12-17(24)20-16-7-5-13(2)6-8-16/h4-8,10-11H,1,9,12H2,2-3H3,(H,20,24). The number of hydrogen-bond acceptors (Lipinski definition) is 5. The van der Waals surface area contributed by atoms with E-state index in [1.165, 1.54) is 16.6 Å². The van der Waals surface area contributed by atoms with Crippen LogP contribution in [0.4, 0.5) is 5.69 Å². The molecule has 2 heterocycles. The second-order valence-corrected chi connectivity index (χ2v) is 7.91. The number of rotatable bonds is 7. The average Bonchev–Trinajstić information content (AvgIpc) is 3.22. The number of benzene rings is 1. The second kappa shape index (κ2) is 8.33. The highest BCUT2D eigenvalue weighted by Crippen LogP contribution is 2.27. The Balaban J connectivity index is 1.69. The van der Waals surface area contributed by atoms with E-state index in [-0.39, 0.29) is 11.7 Å². The maximum atomic E-state index is 12.2. The summed E-state index contributed by atoms with van der Waals surface area (Å²) in [5.41, 5.74) is 2.99. The van der Waals surface area contributed by atoms with Crippen molar-refractivity contribution in [2.45, 2.75) is 25.5 Å². The van der Waals surface area contributed by atoms with E-state index < -0.39 is 0 Å². The zero-order chi connectivity index (χ0) is 18.5. The zero-order valence-corrected chi connectivity index (χ0v) is 16.4. The topological polar surface area (TPSA) is 59.8 Å². The molecule has 0 spiro atoms. The molecule has 0 unspecified atom stereocenters. The van der Waals surface area contributed by atoms with E-state index in [2.05, 4.69) is 40.5 Å². The summed E-state index contributed by atoms with van der Waals surface area (Å²) in [6, 6.07) is 9.83. The number of nitrogens with one attached hydrogen (secondary N) is 1. The fourth-order valence-electron chi connectivity index (χ4n) is 2.43. The lowest BCUT2D eigenvalue weighted by Gasteiger charge is -2.07. The first kappa shape index (κ1) is 18.4. The van der Waals surface area contributed by atoms with Gasteiger partial charge in [0, 0.05) is 28.1 Å². The summed E-state index contributed by atoms with van der Waals surface area (Å²) >= 11 is 3.05. The van der Waals surface area contributed by atoms with Gasteiger partial charge in [-0.3, -0.25) is 9.36 Å².